The zero-order chi connectivity index (χ0) is 19.9. The quantitative estimate of drug-likeness (QED) is 0.660. The number of carbonyl (C=O) groups excluding carboxylic acids is 2. The highest BCUT2D eigenvalue weighted by Crippen LogP contribution is 2.21. The number of hydrogen-bond donors (Lipinski definition) is 1. The van der Waals surface area contributed by atoms with Crippen LogP contribution in [0.1, 0.15) is 29.9 Å². The number of nitrogens with zero attached hydrogens (tertiary/aromatic N) is 3. The summed E-state index contributed by atoms with van der Waals surface area (Å²) >= 11 is 1.47. The molecule has 0 unspecified atom stereocenters. The lowest BCUT2D eigenvalue weighted by Gasteiger charge is -2.18. The molecule has 7 heteroatoms. The molecule has 3 aromatic rings. The van der Waals surface area contributed by atoms with Crippen molar-refractivity contribution in [2.24, 2.45) is 0 Å². The van der Waals surface area contributed by atoms with E-state index in [2.05, 4.69) is 15.3 Å². The third-order valence-electron chi connectivity index (χ3n) is 4.24. The van der Waals surface area contributed by atoms with Gasteiger partial charge in [0.2, 0.25) is 5.91 Å². The molecule has 144 valence electrons. The number of aromatic nitrogens is 2. The molecule has 3 rings (SSSR count). The molecular weight excluding hydrogens is 372 g/mol. The van der Waals surface area contributed by atoms with Gasteiger partial charge in [-0.1, -0.05) is 6.07 Å². The van der Waals surface area contributed by atoms with Crippen molar-refractivity contribution in [3.8, 4) is 10.7 Å². The van der Waals surface area contributed by atoms with Crippen molar-refractivity contribution >= 4 is 28.8 Å². The van der Waals surface area contributed by atoms with Gasteiger partial charge < -0.3 is 10.2 Å². The molecule has 28 heavy (non-hydrogen) atoms. The van der Waals surface area contributed by atoms with Gasteiger partial charge in [0.15, 0.2) is 0 Å². The molecule has 0 bridgehead atoms. The maximum Gasteiger partial charge on any atom is 0.253 e. The van der Waals surface area contributed by atoms with Crippen LogP contribution in [-0.2, 0) is 11.2 Å². The van der Waals surface area contributed by atoms with E-state index in [-0.39, 0.29) is 18.2 Å². The van der Waals surface area contributed by atoms with Crippen LogP contribution in [0.25, 0.3) is 10.7 Å². The van der Waals surface area contributed by atoms with Gasteiger partial charge in [-0.25, -0.2) is 4.98 Å². The normalized spacial score (nSPS) is 10.5. The van der Waals surface area contributed by atoms with Gasteiger partial charge in [0.1, 0.15) is 5.01 Å². The van der Waals surface area contributed by atoms with E-state index in [1.54, 1.807) is 35.4 Å². The van der Waals surface area contributed by atoms with Gasteiger partial charge in [0.25, 0.3) is 5.91 Å². The lowest BCUT2D eigenvalue weighted by atomic mass is 10.1. The molecule has 0 aliphatic heterocycles. The average molecular weight is 395 g/mol. The molecule has 0 aliphatic rings. The molecule has 2 heterocycles. The predicted molar refractivity (Wildman–Crippen MR) is 111 cm³/mol. The van der Waals surface area contributed by atoms with Crippen LogP contribution in [0.5, 0.6) is 0 Å². The van der Waals surface area contributed by atoms with Crippen LogP contribution >= 0.6 is 11.3 Å². The van der Waals surface area contributed by atoms with Crippen LogP contribution in [0, 0.1) is 0 Å². The second-order valence-corrected chi connectivity index (χ2v) is 7.00. The highest BCUT2D eigenvalue weighted by Gasteiger charge is 2.13. The second-order valence-electron chi connectivity index (χ2n) is 6.14. The Hall–Kier alpha value is -3.06. The van der Waals surface area contributed by atoms with E-state index < -0.39 is 0 Å². The molecule has 0 spiro atoms. The Bertz CT molecular complexity index is 935. The van der Waals surface area contributed by atoms with Crippen molar-refractivity contribution < 1.29 is 9.59 Å². The third kappa shape index (κ3) is 4.80. The molecule has 0 saturated heterocycles. The van der Waals surface area contributed by atoms with Gasteiger partial charge in [-0.2, -0.15) is 0 Å². The Morgan fingerprint density at radius 2 is 1.82 bits per heavy atom. The lowest BCUT2D eigenvalue weighted by molar-refractivity contribution is -0.115. The minimum atomic E-state index is -0.152. The minimum Gasteiger partial charge on any atom is -0.339 e. The summed E-state index contributed by atoms with van der Waals surface area (Å²) in [7, 11) is 0. The smallest absolute Gasteiger partial charge is 0.253 e. The molecule has 0 atom stereocenters. The number of pyridine rings is 1. The van der Waals surface area contributed by atoms with Crippen molar-refractivity contribution in [2.75, 3.05) is 18.4 Å². The maximum atomic E-state index is 12.3. The summed E-state index contributed by atoms with van der Waals surface area (Å²) in [4.78, 5) is 35.2. The van der Waals surface area contributed by atoms with E-state index in [0.29, 0.717) is 30.0 Å². The Balaban J connectivity index is 1.59. The molecule has 1 aromatic carbocycles. The fourth-order valence-electron chi connectivity index (χ4n) is 2.75. The molecule has 0 saturated carbocycles. The van der Waals surface area contributed by atoms with Crippen LogP contribution in [0.2, 0.25) is 0 Å². The summed E-state index contributed by atoms with van der Waals surface area (Å²) in [6.45, 7) is 5.24. The number of benzene rings is 1. The first kappa shape index (κ1) is 19.7. The predicted octanol–water partition coefficient (Wildman–Crippen LogP) is 3.87. The minimum absolute atomic E-state index is 0.00704. The molecule has 1 N–H and O–H groups in total. The third-order valence-corrected chi connectivity index (χ3v) is 5.16. The number of anilines is 1. The average Bonchev–Trinajstić information content (AvgIpc) is 3.18. The van der Waals surface area contributed by atoms with Crippen molar-refractivity contribution in [3.63, 3.8) is 0 Å². The molecule has 2 aromatic heterocycles. The van der Waals surface area contributed by atoms with Gasteiger partial charge in [-0.3, -0.25) is 14.6 Å². The SMILES string of the molecule is CCN(CC)C(=O)c1ccc(NC(=O)Cc2csc(-c3ccccn3)n2)cc1. The zero-order valence-electron chi connectivity index (χ0n) is 15.9. The monoisotopic (exact) mass is 394 g/mol. The van der Waals surface area contributed by atoms with E-state index in [1.165, 1.54) is 11.3 Å². The van der Waals surface area contributed by atoms with Gasteiger partial charge >= 0.3 is 0 Å². The standard InChI is InChI=1S/C21H22N4O2S/c1-3-25(4-2)21(27)15-8-10-16(11-9-15)23-19(26)13-17-14-28-20(24-17)18-7-5-6-12-22-18/h5-12,14H,3-4,13H2,1-2H3,(H,23,26). The van der Waals surface area contributed by atoms with Crippen LogP contribution < -0.4 is 5.32 Å². The van der Waals surface area contributed by atoms with E-state index >= 15 is 0 Å². The molecular formula is C21H22N4O2S. The Kier molecular flexibility index (Phi) is 6.49. The molecule has 6 nitrogen and oxygen atoms in total. The molecule has 2 amide bonds. The van der Waals surface area contributed by atoms with Crippen LogP contribution in [0.3, 0.4) is 0 Å². The zero-order valence-corrected chi connectivity index (χ0v) is 16.7. The number of carbonyl (C=O) groups is 2. The summed E-state index contributed by atoms with van der Waals surface area (Å²) in [5.41, 5.74) is 2.77. The van der Waals surface area contributed by atoms with Gasteiger partial charge in [0.05, 0.1) is 17.8 Å². The molecule has 0 aliphatic carbocycles. The number of nitrogens with one attached hydrogen (secondary N) is 1. The number of thiazole rings is 1. The van der Waals surface area contributed by atoms with Crippen LogP contribution in [-0.4, -0.2) is 39.8 Å². The summed E-state index contributed by atoms with van der Waals surface area (Å²) in [6.07, 6.45) is 1.90. The summed E-state index contributed by atoms with van der Waals surface area (Å²) in [5, 5.41) is 5.51. The highest BCUT2D eigenvalue weighted by atomic mass is 32.1. The van der Waals surface area contributed by atoms with Crippen molar-refractivity contribution in [1.82, 2.24) is 14.9 Å². The van der Waals surface area contributed by atoms with Crippen molar-refractivity contribution in [2.45, 2.75) is 20.3 Å². The van der Waals surface area contributed by atoms with E-state index in [4.69, 9.17) is 0 Å². The van der Waals surface area contributed by atoms with Crippen LogP contribution in [0.15, 0.2) is 54.0 Å². The summed E-state index contributed by atoms with van der Waals surface area (Å²) < 4.78 is 0. The first-order valence-corrected chi connectivity index (χ1v) is 10.0. The number of rotatable bonds is 7. The van der Waals surface area contributed by atoms with E-state index in [0.717, 1.165) is 10.7 Å². The first-order chi connectivity index (χ1) is 13.6. The number of amides is 2. The maximum absolute atomic E-state index is 12.3. The summed E-state index contributed by atoms with van der Waals surface area (Å²) in [5.74, 6) is -0.159. The van der Waals surface area contributed by atoms with Crippen molar-refractivity contribution in [3.05, 3.63) is 65.3 Å². The lowest BCUT2D eigenvalue weighted by Crippen LogP contribution is -2.30. The first-order valence-electron chi connectivity index (χ1n) is 9.15. The Labute approximate surface area is 168 Å². The number of hydrogen-bond acceptors (Lipinski definition) is 5. The van der Waals surface area contributed by atoms with E-state index in [1.807, 2.05) is 37.4 Å². The van der Waals surface area contributed by atoms with Crippen molar-refractivity contribution in [1.29, 1.82) is 0 Å². The Morgan fingerprint density at radius 1 is 1.07 bits per heavy atom. The highest BCUT2D eigenvalue weighted by molar-refractivity contribution is 7.13. The van der Waals surface area contributed by atoms with E-state index in [9.17, 15) is 9.59 Å². The largest absolute Gasteiger partial charge is 0.339 e. The van der Waals surface area contributed by atoms with Gasteiger partial charge in [-0.15, -0.1) is 11.3 Å². The summed E-state index contributed by atoms with van der Waals surface area (Å²) in [6, 6.07) is 12.6. The van der Waals surface area contributed by atoms with Crippen LogP contribution in [0.4, 0.5) is 5.69 Å². The fourth-order valence-corrected chi connectivity index (χ4v) is 3.55. The van der Waals surface area contributed by atoms with Gasteiger partial charge in [0, 0.05) is 35.9 Å². The fraction of sp³-hybridized carbons (Fsp3) is 0.238. The van der Waals surface area contributed by atoms with Gasteiger partial charge in [-0.05, 0) is 50.2 Å². The molecule has 0 fully saturated rings. The second kappa shape index (κ2) is 9.23. The topological polar surface area (TPSA) is 75.2 Å². The molecule has 0 radical (unpaired) electrons. The Morgan fingerprint density at radius 3 is 2.46 bits per heavy atom.